The summed E-state index contributed by atoms with van der Waals surface area (Å²) in [4.78, 5) is 24.2. The lowest BCUT2D eigenvalue weighted by atomic mass is 9.96. The predicted molar refractivity (Wildman–Crippen MR) is 107 cm³/mol. The molecule has 0 atom stereocenters. The van der Waals surface area contributed by atoms with E-state index in [0.29, 0.717) is 11.3 Å². The highest BCUT2D eigenvalue weighted by Gasteiger charge is 2.15. The van der Waals surface area contributed by atoms with E-state index in [1.807, 2.05) is 30.3 Å². The Balaban J connectivity index is 1.48. The van der Waals surface area contributed by atoms with Gasteiger partial charge in [0.15, 0.2) is 0 Å². The number of hydrogen-bond donors (Lipinski definition) is 3. The van der Waals surface area contributed by atoms with Crippen LogP contribution in [0.15, 0.2) is 59.7 Å². The SMILES string of the molecule is O=C(Nc1ccc(C(=O)NN=Cc2ccccc2)cc1)NC1CCCCC1. The van der Waals surface area contributed by atoms with Crippen molar-refractivity contribution >= 4 is 23.8 Å². The molecule has 1 saturated carbocycles. The van der Waals surface area contributed by atoms with Crippen LogP contribution in [0.25, 0.3) is 0 Å². The zero-order chi connectivity index (χ0) is 18.9. The summed E-state index contributed by atoms with van der Waals surface area (Å²) in [5.41, 5.74) is 4.51. The van der Waals surface area contributed by atoms with Gasteiger partial charge in [-0.2, -0.15) is 5.10 Å². The molecule has 6 heteroatoms. The van der Waals surface area contributed by atoms with Crippen LogP contribution in [0.3, 0.4) is 0 Å². The van der Waals surface area contributed by atoms with Gasteiger partial charge in [-0.25, -0.2) is 10.2 Å². The Morgan fingerprint density at radius 2 is 1.63 bits per heavy atom. The number of hydrazone groups is 1. The van der Waals surface area contributed by atoms with Gasteiger partial charge in [0.1, 0.15) is 0 Å². The van der Waals surface area contributed by atoms with Crippen LogP contribution in [0.4, 0.5) is 10.5 Å². The summed E-state index contributed by atoms with van der Waals surface area (Å²) in [5, 5.41) is 9.76. The summed E-state index contributed by atoms with van der Waals surface area (Å²) in [6.45, 7) is 0. The lowest BCUT2D eigenvalue weighted by Crippen LogP contribution is -2.39. The van der Waals surface area contributed by atoms with Crippen LogP contribution in [-0.4, -0.2) is 24.2 Å². The topological polar surface area (TPSA) is 82.6 Å². The summed E-state index contributed by atoms with van der Waals surface area (Å²) in [7, 11) is 0. The molecule has 0 radical (unpaired) electrons. The second-order valence-electron chi connectivity index (χ2n) is 6.62. The molecule has 1 aliphatic carbocycles. The van der Waals surface area contributed by atoms with E-state index in [9.17, 15) is 9.59 Å². The Bertz CT molecular complexity index is 782. The Labute approximate surface area is 159 Å². The smallest absolute Gasteiger partial charge is 0.319 e. The first-order chi connectivity index (χ1) is 13.2. The number of amides is 3. The molecule has 3 amide bonds. The Kier molecular flexibility index (Phi) is 6.57. The van der Waals surface area contributed by atoms with Crippen molar-refractivity contribution in [2.75, 3.05) is 5.32 Å². The molecule has 0 bridgehead atoms. The molecule has 140 valence electrons. The highest BCUT2D eigenvalue weighted by atomic mass is 16.2. The largest absolute Gasteiger partial charge is 0.335 e. The second-order valence-corrected chi connectivity index (χ2v) is 6.62. The lowest BCUT2D eigenvalue weighted by Gasteiger charge is -2.22. The van der Waals surface area contributed by atoms with E-state index < -0.39 is 0 Å². The van der Waals surface area contributed by atoms with E-state index >= 15 is 0 Å². The average Bonchev–Trinajstić information content (AvgIpc) is 2.70. The van der Waals surface area contributed by atoms with Crippen LogP contribution in [0.5, 0.6) is 0 Å². The van der Waals surface area contributed by atoms with Gasteiger partial charge in [0.2, 0.25) is 0 Å². The van der Waals surface area contributed by atoms with Gasteiger partial charge in [-0.1, -0.05) is 49.6 Å². The van der Waals surface area contributed by atoms with E-state index in [1.54, 1.807) is 30.5 Å². The Hall–Kier alpha value is -3.15. The van der Waals surface area contributed by atoms with E-state index in [-0.39, 0.29) is 18.0 Å². The van der Waals surface area contributed by atoms with Crippen molar-refractivity contribution in [1.29, 1.82) is 0 Å². The van der Waals surface area contributed by atoms with E-state index in [2.05, 4.69) is 21.2 Å². The molecule has 0 heterocycles. The first-order valence-electron chi connectivity index (χ1n) is 9.27. The molecule has 0 aromatic heterocycles. The highest BCUT2D eigenvalue weighted by molar-refractivity contribution is 5.96. The molecule has 0 saturated heterocycles. The number of rotatable bonds is 5. The minimum absolute atomic E-state index is 0.202. The number of nitrogens with one attached hydrogen (secondary N) is 3. The van der Waals surface area contributed by atoms with Gasteiger partial charge in [0.25, 0.3) is 5.91 Å². The first-order valence-corrected chi connectivity index (χ1v) is 9.27. The molecule has 0 unspecified atom stereocenters. The van der Waals surface area contributed by atoms with Gasteiger partial charge in [0, 0.05) is 17.3 Å². The van der Waals surface area contributed by atoms with Gasteiger partial charge in [-0.05, 0) is 42.7 Å². The monoisotopic (exact) mass is 364 g/mol. The normalized spacial score (nSPS) is 14.7. The standard InChI is InChI=1S/C21H24N4O2/c26-20(25-22-15-16-7-3-1-4-8-16)17-11-13-19(14-12-17)24-21(27)23-18-9-5-2-6-10-18/h1,3-4,7-8,11-15,18H,2,5-6,9-10H2,(H,25,26)(H2,23,24,27). The van der Waals surface area contributed by atoms with Crippen LogP contribution >= 0.6 is 0 Å². The molecular formula is C21H24N4O2. The fourth-order valence-electron chi connectivity index (χ4n) is 3.07. The van der Waals surface area contributed by atoms with Crippen molar-refractivity contribution in [3.63, 3.8) is 0 Å². The minimum atomic E-state index is -0.305. The van der Waals surface area contributed by atoms with Crippen LogP contribution in [-0.2, 0) is 0 Å². The van der Waals surface area contributed by atoms with Gasteiger partial charge in [-0.3, -0.25) is 4.79 Å². The zero-order valence-electron chi connectivity index (χ0n) is 15.2. The molecule has 3 N–H and O–H groups in total. The highest BCUT2D eigenvalue weighted by Crippen LogP contribution is 2.17. The number of carbonyl (C=O) groups excluding carboxylic acids is 2. The molecule has 0 aliphatic heterocycles. The number of anilines is 1. The maximum Gasteiger partial charge on any atom is 0.319 e. The molecular weight excluding hydrogens is 340 g/mol. The van der Waals surface area contributed by atoms with Crippen molar-refractivity contribution in [2.45, 2.75) is 38.1 Å². The third-order valence-electron chi connectivity index (χ3n) is 4.52. The molecule has 3 rings (SSSR count). The summed E-state index contributed by atoms with van der Waals surface area (Å²) in [6, 6.07) is 16.3. The van der Waals surface area contributed by atoms with Gasteiger partial charge in [-0.15, -0.1) is 0 Å². The van der Waals surface area contributed by atoms with Crippen molar-refractivity contribution in [1.82, 2.24) is 10.7 Å². The van der Waals surface area contributed by atoms with Gasteiger partial charge >= 0.3 is 6.03 Å². The van der Waals surface area contributed by atoms with Crippen molar-refractivity contribution in [3.05, 3.63) is 65.7 Å². The van der Waals surface area contributed by atoms with E-state index in [1.165, 1.54) is 19.3 Å². The first kappa shape index (κ1) is 18.6. The maximum atomic E-state index is 12.1. The molecule has 1 aliphatic rings. The van der Waals surface area contributed by atoms with E-state index in [4.69, 9.17) is 0 Å². The van der Waals surface area contributed by atoms with Crippen LogP contribution in [0, 0.1) is 0 Å². The average molecular weight is 364 g/mol. The Morgan fingerprint density at radius 1 is 0.926 bits per heavy atom. The zero-order valence-corrected chi connectivity index (χ0v) is 15.2. The summed E-state index contributed by atoms with van der Waals surface area (Å²) in [6.07, 6.45) is 7.25. The van der Waals surface area contributed by atoms with Crippen LogP contribution in [0.2, 0.25) is 0 Å². The maximum absolute atomic E-state index is 12.1. The fraction of sp³-hybridized carbons (Fsp3) is 0.286. The van der Waals surface area contributed by atoms with Crippen LogP contribution in [0.1, 0.15) is 48.0 Å². The number of urea groups is 1. The van der Waals surface area contributed by atoms with Crippen LogP contribution < -0.4 is 16.1 Å². The molecule has 2 aromatic carbocycles. The van der Waals surface area contributed by atoms with Gasteiger partial charge < -0.3 is 10.6 Å². The second kappa shape index (κ2) is 9.52. The molecule has 0 spiro atoms. The molecule has 27 heavy (non-hydrogen) atoms. The Morgan fingerprint density at radius 3 is 2.33 bits per heavy atom. The lowest BCUT2D eigenvalue weighted by molar-refractivity contribution is 0.0955. The third-order valence-corrected chi connectivity index (χ3v) is 4.52. The molecule has 2 aromatic rings. The third kappa shape index (κ3) is 5.95. The quantitative estimate of drug-likeness (QED) is 0.555. The van der Waals surface area contributed by atoms with E-state index in [0.717, 1.165) is 18.4 Å². The van der Waals surface area contributed by atoms with Crippen molar-refractivity contribution in [3.8, 4) is 0 Å². The summed E-state index contributed by atoms with van der Waals surface area (Å²) < 4.78 is 0. The van der Waals surface area contributed by atoms with Crippen molar-refractivity contribution in [2.24, 2.45) is 5.10 Å². The number of benzene rings is 2. The molecule has 6 nitrogen and oxygen atoms in total. The minimum Gasteiger partial charge on any atom is -0.335 e. The number of nitrogens with zero attached hydrogens (tertiary/aromatic N) is 1. The molecule has 1 fully saturated rings. The number of hydrogen-bond acceptors (Lipinski definition) is 3. The summed E-state index contributed by atoms with van der Waals surface area (Å²) in [5.74, 6) is -0.305. The van der Waals surface area contributed by atoms with Gasteiger partial charge in [0.05, 0.1) is 6.21 Å². The number of carbonyl (C=O) groups is 2. The van der Waals surface area contributed by atoms with Crippen molar-refractivity contribution < 1.29 is 9.59 Å². The predicted octanol–water partition coefficient (Wildman–Crippen LogP) is 3.90. The summed E-state index contributed by atoms with van der Waals surface area (Å²) >= 11 is 0. The fourth-order valence-corrected chi connectivity index (χ4v) is 3.07.